The van der Waals surface area contributed by atoms with E-state index in [-0.39, 0.29) is 10.8 Å². The van der Waals surface area contributed by atoms with Gasteiger partial charge in [-0.1, -0.05) is 53.7 Å². The summed E-state index contributed by atoms with van der Waals surface area (Å²) in [5.74, 6) is 1.57. The van der Waals surface area contributed by atoms with Gasteiger partial charge < -0.3 is 10.4 Å². The summed E-state index contributed by atoms with van der Waals surface area (Å²) in [6.07, 6.45) is 1.90. The molecule has 1 aromatic carbocycles. The maximum absolute atomic E-state index is 10.7. The predicted octanol–water partition coefficient (Wildman–Crippen LogP) is 3.92. The first-order chi connectivity index (χ1) is 10.1. The van der Waals surface area contributed by atoms with Gasteiger partial charge in [-0.25, -0.2) is 0 Å². The van der Waals surface area contributed by atoms with Crippen LogP contribution in [0.3, 0.4) is 0 Å². The van der Waals surface area contributed by atoms with Crippen LogP contribution in [0.25, 0.3) is 0 Å². The minimum absolute atomic E-state index is 0.0663. The number of nitrogens with zero attached hydrogens (tertiary/aromatic N) is 1. The normalized spacial score (nSPS) is 15.6. The van der Waals surface area contributed by atoms with Crippen LogP contribution in [0.2, 0.25) is 0 Å². The quantitative estimate of drug-likeness (QED) is 0.889. The molecule has 0 saturated heterocycles. The highest BCUT2D eigenvalue weighted by molar-refractivity contribution is 5.83. The van der Waals surface area contributed by atoms with Crippen molar-refractivity contribution in [1.29, 1.82) is 0 Å². The molecular formula is C19H30N2O. The smallest absolute Gasteiger partial charge is 0.123 e. The molecule has 3 heteroatoms. The molecule has 2 N–H and O–H groups in total. The molecule has 0 aliphatic carbocycles. The second kappa shape index (κ2) is 5.94. The summed E-state index contributed by atoms with van der Waals surface area (Å²) in [6.45, 7) is 14.8. The number of benzene rings is 1. The molecule has 0 fully saturated rings. The van der Waals surface area contributed by atoms with Crippen LogP contribution < -0.4 is 5.32 Å². The van der Waals surface area contributed by atoms with Crippen LogP contribution in [0, 0.1) is 0 Å². The second-order valence-corrected chi connectivity index (χ2v) is 8.29. The summed E-state index contributed by atoms with van der Waals surface area (Å²) in [4.78, 5) is 4.47. The zero-order valence-corrected chi connectivity index (χ0v) is 14.9. The zero-order valence-electron chi connectivity index (χ0n) is 14.9. The lowest BCUT2D eigenvalue weighted by Crippen LogP contribution is -2.20. The predicted molar refractivity (Wildman–Crippen MR) is 94.1 cm³/mol. The molecule has 0 radical (unpaired) electrons. The van der Waals surface area contributed by atoms with Crippen molar-refractivity contribution in [3.63, 3.8) is 0 Å². The third-order valence-corrected chi connectivity index (χ3v) is 4.18. The van der Waals surface area contributed by atoms with Gasteiger partial charge in [-0.05, 0) is 33.9 Å². The van der Waals surface area contributed by atoms with Crippen LogP contribution in [-0.4, -0.2) is 24.0 Å². The molecule has 0 unspecified atom stereocenters. The lowest BCUT2D eigenvalue weighted by atomic mass is 9.78. The van der Waals surface area contributed by atoms with E-state index in [1.165, 1.54) is 5.56 Å². The van der Waals surface area contributed by atoms with E-state index in [0.29, 0.717) is 5.75 Å². The summed E-state index contributed by atoms with van der Waals surface area (Å²) < 4.78 is 0. The third-order valence-electron chi connectivity index (χ3n) is 4.18. The Bertz CT molecular complexity index is 539. The van der Waals surface area contributed by atoms with Crippen molar-refractivity contribution in [3.8, 4) is 5.75 Å². The largest absolute Gasteiger partial charge is 0.507 e. The number of aliphatic imine (C=N–C) groups is 1. The molecule has 0 aromatic heterocycles. The van der Waals surface area contributed by atoms with Gasteiger partial charge in [0.15, 0.2) is 0 Å². The lowest BCUT2D eigenvalue weighted by Gasteiger charge is -2.28. The molecule has 1 heterocycles. The molecule has 0 bridgehead atoms. The molecule has 1 aliphatic heterocycles. The fourth-order valence-electron chi connectivity index (χ4n) is 2.86. The Balaban J connectivity index is 2.37. The number of phenolic OH excluding ortho intramolecular Hbond substituents is 1. The molecule has 122 valence electrons. The van der Waals surface area contributed by atoms with Gasteiger partial charge in [0.2, 0.25) is 0 Å². The van der Waals surface area contributed by atoms with Crippen molar-refractivity contribution in [3.05, 3.63) is 28.8 Å². The molecule has 1 aliphatic rings. The second-order valence-electron chi connectivity index (χ2n) is 8.29. The van der Waals surface area contributed by atoms with Gasteiger partial charge in [-0.3, -0.25) is 4.99 Å². The van der Waals surface area contributed by atoms with Crippen molar-refractivity contribution >= 4 is 5.84 Å². The van der Waals surface area contributed by atoms with Crippen LogP contribution in [0.5, 0.6) is 5.75 Å². The van der Waals surface area contributed by atoms with Gasteiger partial charge >= 0.3 is 0 Å². The molecule has 0 amide bonds. The third kappa shape index (κ3) is 3.82. The fourth-order valence-corrected chi connectivity index (χ4v) is 2.86. The Morgan fingerprint density at radius 3 is 1.95 bits per heavy atom. The molecule has 3 nitrogen and oxygen atoms in total. The van der Waals surface area contributed by atoms with E-state index in [4.69, 9.17) is 0 Å². The number of nitrogens with one attached hydrogen (secondary N) is 1. The highest BCUT2D eigenvalue weighted by Crippen LogP contribution is 2.39. The molecule has 1 aromatic rings. The molecule has 0 spiro atoms. The van der Waals surface area contributed by atoms with Crippen molar-refractivity contribution < 1.29 is 5.11 Å². The van der Waals surface area contributed by atoms with Crippen molar-refractivity contribution in [2.75, 3.05) is 13.1 Å². The number of phenols is 1. The minimum Gasteiger partial charge on any atom is -0.507 e. The monoisotopic (exact) mass is 302 g/mol. The fraction of sp³-hybridized carbons (Fsp3) is 0.632. The van der Waals surface area contributed by atoms with E-state index < -0.39 is 0 Å². The standard InChI is InChI=1S/C19H30N2O/c1-18(2,3)14-11-13(7-8-16-20-9-10-21-16)12-15(17(14)22)19(4,5)6/h11-12,22H,7-10H2,1-6H3,(H,20,21). The SMILES string of the molecule is CC(C)(C)c1cc(CCC2=NCCN2)cc(C(C)(C)C)c1O. The van der Waals surface area contributed by atoms with E-state index >= 15 is 0 Å². The van der Waals surface area contributed by atoms with Crippen LogP contribution in [0.4, 0.5) is 0 Å². The number of hydrogen-bond donors (Lipinski definition) is 2. The Morgan fingerprint density at radius 1 is 1.00 bits per heavy atom. The van der Waals surface area contributed by atoms with Gasteiger partial charge in [0, 0.05) is 13.0 Å². The number of aryl methyl sites for hydroxylation is 1. The topological polar surface area (TPSA) is 44.6 Å². The first kappa shape index (κ1) is 16.9. The van der Waals surface area contributed by atoms with E-state index in [1.807, 2.05) is 0 Å². The Kier molecular flexibility index (Phi) is 4.55. The van der Waals surface area contributed by atoms with Gasteiger partial charge in [0.1, 0.15) is 5.75 Å². The first-order valence-electron chi connectivity index (χ1n) is 8.23. The summed E-state index contributed by atoms with van der Waals surface area (Å²) in [6, 6.07) is 4.33. The van der Waals surface area contributed by atoms with Gasteiger partial charge in [-0.15, -0.1) is 0 Å². The maximum Gasteiger partial charge on any atom is 0.123 e. The average Bonchev–Trinajstić information content (AvgIpc) is 2.87. The van der Waals surface area contributed by atoms with Crippen molar-refractivity contribution in [2.24, 2.45) is 4.99 Å². The number of amidine groups is 1. The minimum atomic E-state index is -0.0663. The molecule has 22 heavy (non-hydrogen) atoms. The molecule has 0 atom stereocenters. The Hall–Kier alpha value is -1.51. The maximum atomic E-state index is 10.7. The number of aromatic hydroxyl groups is 1. The Morgan fingerprint density at radius 2 is 1.55 bits per heavy atom. The molecular weight excluding hydrogens is 272 g/mol. The van der Waals surface area contributed by atoms with Crippen molar-refractivity contribution in [2.45, 2.75) is 65.2 Å². The van der Waals surface area contributed by atoms with E-state index in [1.54, 1.807) is 0 Å². The summed E-state index contributed by atoms with van der Waals surface area (Å²) >= 11 is 0. The highest BCUT2D eigenvalue weighted by atomic mass is 16.3. The van der Waals surface area contributed by atoms with Crippen LogP contribution in [0.15, 0.2) is 17.1 Å². The average molecular weight is 302 g/mol. The number of rotatable bonds is 3. The van der Waals surface area contributed by atoms with Crippen molar-refractivity contribution in [1.82, 2.24) is 5.32 Å². The molecule has 2 rings (SSSR count). The lowest BCUT2D eigenvalue weighted by molar-refractivity contribution is 0.422. The number of hydrogen-bond acceptors (Lipinski definition) is 3. The van der Waals surface area contributed by atoms with Gasteiger partial charge in [0.25, 0.3) is 0 Å². The van der Waals surface area contributed by atoms with E-state index in [9.17, 15) is 5.11 Å². The summed E-state index contributed by atoms with van der Waals surface area (Å²) in [5.41, 5.74) is 3.23. The Labute approximate surface area is 134 Å². The van der Waals surface area contributed by atoms with Crippen LogP contribution >= 0.6 is 0 Å². The zero-order chi connectivity index (χ0) is 16.5. The van der Waals surface area contributed by atoms with Crippen LogP contribution in [-0.2, 0) is 17.3 Å². The van der Waals surface area contributed by atoms with Crippen LogP contribution in [0.1, 0.15) is 64.7 Å². The first-order valence-corrected chi connectivity index (χ1v) is 8.23. The summed E-state index contributed by atoms with van der Waals surface area (Å²) in [7, 11) is 0. The van der Waals surface area contributed by atoms with E-state index in [2.05, 4.69) is 64.0 Å². The van der Waals surface area contributed by atoms with E-state index in [0.717, 1.165) is 42.9 Å². The molecule has 0 saturated carbocycles. The van der Waals surface area contributed by atoms with Gasteiger partial charge in [-0.2, -0.15) is 0 Å². The summed E-state index contributed by atoms with van der Waals surface area (Å²) in [5, 5.41) is 14.1. The van der Waals surface area contributed by atoms with Gasteiger partial charge in [0.05, 0.1) is 12.4 Å². The highest BCUT2D eigenvalue weighted by Gasteiger charge is 2.26.